The highest BCUT2D eigenvalue weighted by molar-refractivity contribution is 5.78. The fourth-order valence-corrected chi connectivity index (χ4v) is 2.72. The molecule has 0 amide bonds. The van der Waals surface area contributed by atoms with Gasteiger partial charge in [0.1, 0.15) is 0 Å². The van der Waals surface area contributed by atoms with Gasteiger partial charge in [0.25, 0.3) is 0 Å². The monoisotopic (exact) mass is 209 g/mol. The Kier molecular flexibility index (Phi) is 3.87. The van der Waals surface area contributed by atoms with Crippen molar-refractivity contribution in [3.05, 3.63) is 0 Å². The maximum absolute atomic E-state index is 5.92. The van der Waals surface area contributed by atoms with E-state index in [1.165, 1.54) is 57.8 Å². The van der Waals surface area contributed by atoms with Gasteiger partial charge < -0.3 is 11.1 Å². The summed E-state index contributed by atoms with van der Waals surface area (Å²) in [7, 11) is 0. The Balaban J connectivity index is 1.76. The van der Waals surface area contributed by atoms with Gasteiger partial charge in [-0.1, -0.05) is 32.1 Å². The van der Waals surface area contributed by atoms with Crippen LogP contribution in [0.1, 0.15) is 57.8 Å². The van der Waals surface area contributed by atoms with Crippen LogP contribution in [0.4, 0.5) is 0 Å². The van der Waals surface area contributed by atoms with Crippen LogP contribution in [-0.4, -0.2) is 18.0 Å². The number of hydrogen-bond donors (Lipinski definition) is 2. The fourth-order valence-electron chi connectivity index (χ4n) is 2.72. The molecule has 0 aromatic heterocycles. The zero-order chi connectivity index (χ0) is 10.5. The third-order valence-electron chi connectivity index (χ3n) is 3.60. The Labute approximate surface area is 92.5 Å². The quantitative estimate of drug-likeness (QED) is 0.541. The molecule has 2 fully saturated rings. The van der Waals surface area contributed by atoms with Gasteiger partial charge in [-0.05, 0) is 25.7 Å². The second-order valence-corrected chi connectivity index (χ2v) is 4.93. The summed E-state index contributed by atoms with van der Waals surface area (Å²) in [6.07, 6.45) is 11.7. The van der Waals surface area contributed by atoms with Crippen molar-refractivity contribution in [2.24, 2.45) is 10.7 Å². The molecule has 0 unspecified atom stereocenters. The molecule has 0 heterocycles. The third-order valence-corrected chi connectivity index (χ3v) is 3.60. The van der Waals surface area contributed by atoms with Crippen molar-refractivity contribution in [1.82, 2.24) is 5.32 Å². The summed E-state index contributed by atoms with van der Waals surface area (Å²) in [6.45, 7) is 0. The van der Waals surface area contributed by atoms with E-state index in [1.54, 1.807) is 0 Å². The molecule has 0 spiro atoms. The second-order valence-electron chi connectivity index (χ2n) is 4.93. The zero-order valence-corrected chi connectivity index (χ0v) is 9.54. The van der Waals surface area contributed by atoms with E-state index < -0.39 is 0 Å². The van der Waals surface area contributed by atoms with Crippen molar-refractivity contribution in [2.45, 2.75) is 69.9 Å². The van der Waals surface area contributed by atoms with E-state index in [-0.39, 0.29) is 0 Å². The predicted molar refractivity (Wildman–Crippen MR) is 63.9 cm³/mol. The Morgan fingerprint density at radius 3 is 2.20 bits per heavy atom. The van der Waals surface area contributed by atoms with Gasteiger partial charge in [-0.15, -0.1) is 0 Å². The minimum atomic E-state index is 0.501. The van der Waals surface area contributed by atoms with Gasteiger partial charge in [0.05, 0.1) is 6.04 Å². The molecule has 86 valence electrons. The lowest BCUT2D eigenvalue weighted by Crippen LogP contribution is -2.41. The van der Waals surface area contributed by atoms with E-state index in [4.69, 9.17) is 5.73 Å². The first kappa shape index (κ1) is 10.8. The van der Waals surface area contributed by atoms with Crippen molar-refractivity contribution in [3.63, 3.8) is 0 Å². The fraction of sp³-hybridized carbons (Fsp3) is 0.917. The summed E-state index contributed by atoms with van der Waals surface area (Å²) >= 11 is 0. The second kappa shape index (κ2) is 5.38. The van der Waals surface area contributed by atoms with Gasteiger partial charge in [0.2, 0.25) is 0 Å². The van der Waals surface area contributed by atoms with Gasteiger partial charge in [-0.2, -0.15) is 0 Å². The van der Waals surface area contributed by atoms with Crippen molar-refractivity contribution in [1.29, 1.82) is 0 Å². The molecular formula is C12H23N3. The number of guanidine groups is 1. The van der Waals surface area contributed by atoms with Gasteiger partial charge >= 0.3 is 0 Å². The van der Waals surface area contributed by atoms with Crippen molar-refractivity contribution in [2.75, 3.05) is 0 Å². The number of nitrogens with two attached hydrogens (primary N) is 1. The molecule has 15 heavy (non-hydrogen) atoms. The Morgan fingerprint density at radius 2 is 1.53 bits per heavy atom. The third kappa shape index (κ3) is 3.40. The molecule has 0 radical (unpaired) electrons. The van der Waals surface area contributed by atoms with Crippen LogP contribution in [0.3, 0.4) is 0 Å². The average molecular weight is 209 g/mol. The van der Waals surface area contributed by atoms with E-state index in [2.05, 4.69) is 10.3 Å². The molecule has 2 saturated carbocycles. The lowest BCUT2D eigenvalue weighted by atomic mass is 9.96. The lowest BCUT2D eigenvalue weighted by molar-refractivity contribution is 0.411. The van der Waals surface area contributed by atoms with Crippen LogP contribution in [0.15, 0.2) is 4.99 Å². The molecule has 0 aromatic rings. The summed E-state index contributed by atoms with van der Waals surface area (Å²) in [5.41, 5.74) is 5.92. The molecule has 0 bridgehead atoms. The first-order chi connectivity index (χ1) is 7.34. The van der Waals surface area contributed by atoms with Crippen LogP contribution in [0.2, 0.25) is 0 Å². The highest BCUT2D eigenvalue weighted by Gasteiger charge is 2.16. The zero-order valence-electron chi connectivity index (χ0n) is 9.54. The SMILES string of the molecule is NC(=NC1CCCC1)NC1CCCCC1. The first-order valence-electron chi connectivity index (χ1n) is 6.44. The summed E-state index contributed by atoms with van der Waals surface area (Å²) in [5, 5.41) is 3.37. The molecule has 2 rings (SSSR count). The van der Waals surface area contributed by atoms with Gasteiger partial charge in [-0.25, -0.2) is 0 Å². The number of nitrogens with zero attached hydrogens (tertiary/aromatic N) is 1. The summed E-state index contributed by atoms with van der Waals surface area (Å²) in [6, 6.07) is 1.09. The van der Waals surface area contributed by atoms with Crippen molar-refractivity contribution >= 4 is 5.96 Å². The molecule has 0 atom stereocenters. The van der Waals surface area contributed by atoms with Gasteiger partial charge in [0, 0.05) is 6.04 Å². The highest BCUT2D eigenvalue weighted by atomic mass is 15.1. The minimum Gasteiger partial charge on any atom is -0.370 e. The summed E-state index contributed by atoms with van der Waals surface area (Å²) < 4.78 is 0. The Hall–Kier alpha value is -0.730. The van der Waals surface area contributed by atoms with E-state index in [9.17, 15) is 0 Å². The molecule has 0 aliphatic heterocycles. The molecule has 0 saturated heterocycles. The molecular weight excluding hydrogens is 186 g/mol. The van der Waals surface area contributed by atoms with Crippen LogP contribution in [0, 0.1) is 0 Å². The number of hydrogen-bond acceptors (Lipinski definition) is 1. The molecule has 3 nitrogen and oxygen atoms in total. The molecule has 3 heteroatoms. The topological polar surface area (TPSA) is 50.4 Å². The first-order valence-corrected chi connectivity index (χ1v) is 6.44. The molecule has 2 aliphatic rings. The van der Waals surface area contributed by atoms with Crippen molar-refractivity contribution in [3.8, 4) is 0 Å². The van der Waals surface area contributed by atoms with E-state index in [0.29, 0.717) is 18.0 Å². The molecule has 0 aromatic carbocycles. The number of nitrogens with one attached hydrogen (secondary N) is 1. The normalized spacial score (nSPS) is 25.7. The maximum Gasteiger partial charge on any atom is 0.189 e. The lowest BCUT2D eigenvalue weighted by Gasteiger charge is -2.23. The Morgan fingerprint density at radius 1 is 0.933 bits per heavy atom. The van der Waals surface area contributed by atoms with Crippen LogP contribution < -0.4 is 11.1 Å². The van der Waals surface area contributed by atoms with Crippen LogP contribution in [-0.2, 0) is 0 Å². The van der Waals surface area contributed by atoms with E-state index in [0.717, 1.165) is 0 Å². The van der Waals surface area contributed by atoms with Gasteiger partial charge in [-0.3, -0.25) is 4.99 Å². The summed E-state index contributed by atoms with van der Waals surface area (Å²) in [4.78, 5) is 4.55. The predicted octanol–water partition coefficient (Wildman–Crippen LogP) is 2.17. The van der Waals surface area contributed by atoms with Crippen LogP contribution in [0.5, 0.6) is 0 Å². The van der Waals surface area contributed by atoms with E-state index >= 15 is 0 Å². The molecule has 2 aliphatic carbocycles. The Bertz CT molecular complexity index is 213. The number of aliphatic imine (C=N–C) groups is 1. The van der Waals surface area contributed by atoms with Crippen molar-refractivity contribution < 1.29 is 0 Å². The number of rotatable bonds is 2. The van der Waals surface area contributed by atoms with Gasteiger partial charge in [0.15, 0.2) is 5.96 Å². The smallest absolute Gasteiger partial charge is 0.189 e. The standard InChI is InChI=1S/C12H23N3/c13-12(15-11-8-4-5-9-11)14-10-6-2-1-3-7-10/h10-11H,1-9H2,(H3,13,14,15). The average Bonchev–Trinajstić information content (AvgIpc) is 2.71. The van der Waals surface area contributed by atoms with Crippen LogP contribution in [0.25, 0.3) is 0 Å². The largest absolute Gasteiger partial charge is 0.370 e. The summed E-state index contributed by atoms with van der Waals surface area (Å²) in [5.74, 6) is 0.689. The van der Waals surface area contributed by atoms with E-state index in [1.807, 2.05) is 0 Å². The minimum absolute atomic E-state index is 0.501. The maximum atomic E-state index is 5.92. The highest BCUT2D eigenvalue weighted by Crippen LogP contribution is 2.21. The van der Waals surface area contributed by atoms with Crippen LogP contribution >= 0.6 is 0 Å². The molecule has 3 N–H and O–H groups in total.